The molecule has 6 rings (SSSR count). The topological polar surface area (TPSA) is 68.8 Å². The fourth-order valence-corrected chi connectivity index (χ4v) is 4.54. The molecule has 0 spiro atoms. The Labute approximate surface area is 191 Å². The van der Waals surface area contributed by atoms with Crippen LogP contribution in [0.4, 0.5) is 10.3 Å². The highest BCUT2D eigenvalue weighted by Crippen LogP contribution is 2.40. The number of nitrogens with zero attached hydrogens (tertiary/aromatic N) is 4. The molecule has 1 atom stereocenters. The van der Waals surface area contributed by atoms with E-state index in [-0.39, 0.29) is 11.9 Å². The maximum absolute atomic E-state index is 13.6. The number of imidazole rings is 1. The van der Waals surface area contributed by atoms with E-state index in [1.807, 2.05) is 24.3 Å². The lowest BCUT2D eigenvalue weighted by Gasteiger charge is -2.26. The minimum atomic E-state index is -0.264. The fourth-order valence-electron chi connectivity index (χ4n) is 4.54. The molecule has 166 valence electrons. The number of benzene rings is 1. The van der Waals surface area contributed by atoms with Crippen molar-refractivity contribution in [3.8, 4) is 22.6 Å². The van der Waals surface area contributed by atoms with Crippen molar-refractivity contribution in [1.29, 1.82) is 0 Å². The van der Waals surface area contributed by atoms with E-state index in [4.69, 9.17) is 14.4 Å². The number of anilines is 1. The van der Waals surface area contributed by atoms with Crippen molar-refractivity contribution in [1.82, 2.24) is 19.5 Å². The van der Waals surface area contributed by atoms with Crippen molar-refractivity contribution in [3.63, 3.8) is 0 Å². The number of aromatic nitrogens is 4. The van der Waals surface area contributed by atoms with E-state index < -0.39 is 0 Å². The smallest absolute Gasteiger partial charge is 0.223 e. The summed E-state index contributed by atoms with van der Waals surface area (Å²) in [7, 11) is 0. The Morgan fingerprint density at radius 3 is 2.70 bits per heavy atom. The lowest BCUT2D eigenvalue weighted by Crippen LogP contribution is -2.28. The monoisotopic (exact) mass is 441 g/mol. The molecule has 3 aromatic heterocycles. The zero-order valence-corrected chi connectivity index (χ0v) is 18.1. The number of rotatable bonds is 6. The van der Waals surface area contributed by atoms with Gasteiger partial charge in [-0.3, -0.25) is 0 Å². The first kappa shape index (κ1) is 19.9. The van der Waals surface area contributed by atoms with E-state index in [0.29, 0.717) is 12.0 Å². The third-order valence-electron chi connectivity index (χ3n) is 6.46. The molecule has 1 aliphatic heterocycles. The zero-order valence-electron chi connectivity index (χ0n) is 18.1. The molecule has 0 radical (unpaired) electrons. The Bertz CT molecular complexity index is 1290. The maximum Gasteiger partial charge on any atom is 0.223 e. The van der Waals surface area contributed by atoms with Crippen LogP contribution in [0.25, 0.3) is 28.7 Å². The number of fused-ring (bicyclic) bond motifs is 1. The van der Waals surface area contributed by atoms with Gasteiger partial charge in [-0.05, 0) is 74.2 Å². The van der Waals surface area contributed by atoms with Gasteiger partial charge >= 0.3 is 0 Å². The third kappa shape index (κ3) is 3.84. The molecule has 33 heavy (non-hydrogen) atoms. The van der Waals surface area contributed by atoms with Gasteiger partial charge in [-0.25, -0.2) is 19.3 Å². The fraction of sp³-hybridized carbons (Fsp3) is 0.269. The van der Waals surface area contributed by atoms with Crippen LogP contribution in [-0.4, -0.2) is 25.6 Å². The molecule has 0 amide bonds. The van der Waals surface area contributed by atoms with Crippen molar-refractivity contribution >= 4 is 12.0 Å². The third-order valence-corrected chi connectivity index (χ3v) is 6.46. The van der Waals surface area contributed by atoms with Crippen molar-refractivity contribution in [2.45, 2.75) is 44.2 Å². The number of halogens is 1. The summed E-state index contributed by atoms with van der Waals surface area (Å²) in [4.78, 5) is 14.3. The quantitative estimate of drug-likeness (QED) is 0.403. The van der Waals surface area contributed by atoms with E-state index >= 15 is 0 Å². The number of hydrogen-bond donors (Lipinski definition) is 1. The van der Waals surface area contributed by atoms with Gasteiger partial charge in [-0.2, -0.15) is 0 Å². The number of aryl methyl sites for hydroxylation is 1. The van der Waals surface area contributed by atoms with Gasteiger partial charge in [0.25, 0.3) is 0 Å². The summed E-state index contributed by atoms with van der Waals surface area (Å²) in [6.45, 7) is 0. The molecule has 1 aliphatic carbocycles. The van der Waals surface area contributed by atoms with E-state index in [2.05, 4.69) is 20.9 Å². The van der Waals surface area contributed by atoms with Gasteiger partial charge in [0.1, 0.15) is 17.4 Å². The highest BCUT2D eigenvalue weighted by atomic mass is 19.1. The molecule has 0 bridgehead atoms. The summed E-state index contributed by atoms with van der Waals surface area (Å²) in [6, 6.07) is 12.8. The zero-order chi connectivity index (χ0) is 22.2. The summed E-state index contributed by atoms with van der Waals surface area (Å²) in [5.41, 5.74) is 3.43. The van der Waals surface area contributed by atoms with Crippen molar-refractivity contribution in [2.24, 2.45) is 0 Å². The van der Waals surface area contributed by atoms with Crippen molar-refractivity contribution < 1.29 is 8.81 Å². The van der Waals surface area contributed by atoms with Crippen LogP contribution in [0, 0.1) is 5.82 Å². The molecular formula is C26H24FN5O. The first-order valence-corrected chi connectivity index (χ1v) is 11.4. The lowest BCUT2D eigenvalue weighted by atomic mass is 9.93. The Hall–Kier alpha value is -3.74. The molecule has 6 nitrogen and oxygen atoms in total. The van der Waals surface area contributed by atoms with E-state index in [1.54, 1.807) is 24.6 Å². The summed E-state index contributed by atoms with van der Waals surface area (Å²) in [5.74, 6) is 2.20. The predicted octanol–water partition coefficient (Wildman–Crippen LogP) is 5.90. The Morgan fingerprint density at radius 2 is 1.94 bits per heavy atom. The predicted molar refractivity (Wildman–Crippen MR) is 125 cm³/mol. The van der Waals surface area contributed by atoms with Crippen LogP contribution in [0.1, 0.15) is 43.3 Å². The minimum Gasteiger partial charge on any atom is -0.465 e. The standard InChI is InChI=1S/C26H24FN5O/c27-18-8-6-17(7-9-18)24-25(22-14-15-28-26(30-22)29-19-3-1-4-19)32-20(11-13-23(32)31-24)10-12-21-5-2-16-33-21/h2,5-10,12,14-16,19-20H,1,3-4,11,13H2,(H,28,29,30). The Kier molecular flexibility index (Phi) is 5.02. The molecule has 1 N–H and O–H groups in total. The van der Waals surface area contributed by atoms with E-state index in [1.165, 1.54) is 18.6 Å². The molecule has 1 unspecified atom stereocenters. The van der Waals surface area contributed by atoms with E-state index in [0.717, 1.165) is 59.9 Å². The SMILES string of the molecule is Fc1ccc(-c2nc3n(c2-c2ccnc(NC4CCC4)n2)C(C=Cc2ccco2)CC3)cc1. The summed E-state index contributed by atoms with van der Waals surface area (Å²) >= 11 is 0. The molecule has 1 fully saturated rings. The van der Waals surface area contributed by atoms with Gasteiger partial charge in [0.15, 0.2) is 0 Å². The van der Waals surface area contributed by atoms with Gasteiger partial charge in [0.05, 0.1) is 29.4 Å². The second-order valence-corrected chi connectivity index (χ2v) is 8.62. The highest BCUT2D eigenvalue weighted by Gasteiger charge is 2.30. The van der Waals surface area contributed by atoms with Gasteiger partial charge in [0.2, 0.25) is 5.95 Å². The maximum atomic E-state index is 13.6. The summed E-state index contributed by atoms with van der Waals surface area (Å²) in [5, 5.41) is 3.44. The first-order valence-electron chi connectivity index (χ1n) is 11.4. The Morgan fingerprint density at radius 1 is 1.06 bits per heavy atom. The van der Waals surface area contributed by atoms with Crippen LogP contribution < -0.4 is 5.32 Å². The van der Waals surface area contributed by atoms with Gasteiger partial charge < -0.3 is 14.3 Å². The van der Waals surface area contributed by atoms with Crippen LogP contribution >= 0.6 is 0 Å². The van der Waals surface area contributed by atoms with Gasteiger partial charge in [-0.15, -0.1) is 0 Å². The van der Waals surface area contributed by atoms with Crippen molar-refractivity contribution in [3.05, 3.63) is 78.4 Å². The summed E-state index contributed by atoms with van der Waals surface area (Å²) in [6.07, 6.45) is 13.0. The molecule has 0 saturated heterocycles. The molecule has 1 saturated carbocycles. The minimum absolute atomic E-state index is 0.125. The largest absolute Gasteiger partial charge is 0.465 e. The molecule has 4 aromatic rings. The Balaban J connectivity index is 1.45. The highest BCUT2D eigenvalue weighted by molar-refractivity contribution is 5.78. The van der Waals surface area contributed by atoms with Crippen molar-refractivity contribution in [2.75, 3.05) is 5.32 Å². The second-order valence-electron chi connectivity index (χ2n) is 8.62. The van der Waals surface area contributed by atoms with Crippen LogP contribution in [0.2, 0.25) is 0 Å². The average molecular weight is 442 g/mol. The normalized spacial score (nSPS) is 17.9. The molecular weight excluding hydrogens is 417 g/mol. The van der Waals surface area contributed by atoms with Gasteiger partial charge in [-0.1, -0.05) is 6.08 Å². The number of hydrogen-bond acceptors (Lipinski definition) is 5. The number of allylic oxidation sites excluding steroid dienone is 1. The summed E-state index contributed by atoms with van der Waals surface area (Å²) < 4.78 is 21.4. The van der Waals surface area contributed by atoms with Crippen LogP contribution in [0.5, 0.6) is 0 Å². The lowest BCUT2D eigenvalue weighted by molar-refractivity contribution is 0.443. The molecule has 4 heterocycles. The van der Waals surface area contributed by atoms with Crippen LogP contribution in [0.15, 0.2) is 65.4 Å². The number of nitrogens with one attached hydrogen (secondary N) is 1. The average Bonchev–Trinajstić information content (AvgIpc) is 3.53. The number of furan rings is 1. The molecule has 1 aromatic carbocycles. The van der Waals surface area contributed by atoms with Crippen LogP contribution in [-0.2, 0) is 6.42 Å². The van der Waals surface area contributed by atoms with Gasteiger partial charge in [0, 0.05) is 24.2 Å². The first-order chi connectivity index (χ1) is 16.2. The second kappa shape index (κ2) is 8.31. The van der Waals surface area contributed by atoms with E-state index in [9.17, 15) is 4.39 Å². The molecule has 7 heteroatoms. The van der Waals surface area contributed by atoms with Crippen LogP contribution in [0.3, 0.4) is 0 Å². The molecule has 2 aliphatic rings.